The quantitative estimate of drug-likeness (QED) is 0.749. The number of hydrogen-bond acceptors (Lipinski definition) is 2. The maximum absolute atomic E-state index is 11.1. The van der Waals surface area contributed by atoms with Crippen LogP contribution < -0.4 is 5.32 Å². The molecule has 2 aliphatic carbocycles. The number of carboxylic acid groups (broad SMARTS) is 1. The molecule has 17 heavy (non-hydrogen) atoms. The third-order valence-corrected chi connectivity index (χ3v) is 4.53. The zero-order valence-corrected chi connectivity index (χ0v) is 11.0. The third-order valence-electron chi connectivity index (χ3n) is 4.53. The summed E-state index contributed by atoms with van der Waals surface area (Å²) in [6.45, 7) is 4.82. The molecular weight excluding hydrogens is 214 g/mol. The lowest BCUT2D eigenvalue weighted by atomic mass is 9.54. The van der Waals surface area contributed by atoms with E-state index in [-0.39, 0.29) is 5.92 Å². The monoisotopic (exact) mass is 239 g/mol. The molecule has 1 unspecified atom stereocenters. The van der Waals surface area contributed by atoms with E-state index in [1.165, 1.54) is 32.1 Å². The van der Waals surface area contributed by atoms with Crippen LogP contribution in [0, 0.1) is 17.3 Å². The first-order chi connectivity index (χ1) is 8.01. The molecule has 1 spiro atoms. The Morgan fingerprint density at radius 3 is 2.47 bits per heavy atom. The van der Waals surface area contributed by atoms with E-state index in [1.54, 1.807) is 0 Å². The molecule has 98 valence electrons. The molecule has 2 saturated carbocycles. The van der Waals surface area contributed by atoms with Gasteiger partial charge in [0, 0.05) is 12.6 Å². The van der Waals surface area contributed by atoms with Crippen molar-refractivity contribution in [2.75, 3.05) is 6.54 Å². The van der Waals surface area contributed by atoms with Crippen molar-refractivity contribution < 1.29 is 9.90 Å². The smallest absolute Gasteiger partial charge is 0.307 e. The van der Waals surface area contributed by atoms with Crippen molar-refractivity contribution in [3.8, 4) is 0 Å². The molecule has 0 aromatic carbocycles. The van der Waals surface area contributed by atoms with Gasteiger partial charge in [0.25, 0.3) is 0 Å². The Labute approximate surface area is 104 Å². The van der Waals surface area contributed by atoms with Gasteiger partial charge < -0.3 is 10.4 Å². The zero-order valence-electron chi connectivity index (χ0n) is 11.0. The fourth-order valence-corrected chi connectivity index (χ4v) is 3.36. The lowest BCUT2D eigenvalue weighted by Gasteiger charge is -2.54. The van der Waals surface area contributed by atoms with Crippen molar-refractivity contribution in [3.63, 3.8) is 0 Å². The Balaban J connectivity index is 1.67. The molecule has 2 fully saturated rings. The van der Waals surface area contributed by atoms with Gasteiger partial charge in [-0.2, -0.15) is 0 Å². The number of carboxylic acids is 1. The van der Waals surface area contributed by atoms with Gasteiger partial charge in [0.2, 0.25) is 0 Å². The number of hydrogen-bond donors (Lipinski definition) is 2. The van der Waals surface area contributed by atoms with Crippen LogP contribution in [0.1, 0.15) is 52.4 Å². The lowest BCUT2D eigenvalue weighted by Crippen LogP contribution is -2.53. The molecule has 0 aromatic heterocycles. The van der Waals surface area contributed by atoms with E-state index in [0.717, 1.165) is 6.42 Å². The zero-order chi connectivity index (χ0) is 12.5. The average molecular weight is 239 g/mol. The average Bonchev–Trinajstić information content (AvgIpc) is 2.09. The van der Waals surface area contributed by atoms with Crippen LogP contribution in [0.3, 0.4) is 0 Å². The molecular formula is C14H25NO2. The van der Waals surface area contributed by atoms with Crippen molar-refractivity contribution in [2.45, 2.75) is 58.4 Å². The molecule has 0 aromatic rings. The SMILES string of the molecule is CC(C)CC(CNC1CC2(CCC2)C1)C(=O)O. The summed E-state index contributed by atoms with van der Waals surface area (Å²) >= 11 is 0. The number of aliphatic carboxylic acids is 1. The summed E-state index contributed by atoms with van der Waals surface area (Å²) in [4.78, 5) is 11.1. The highest BCUT2D eigenvalue weighted by Gasteiger charge is 2.47. The fraction of sp³-hybridized carbons (Fsp3) is 0.929. The maximum atomic E-state index is 11.1. The van der Waals surface area contributed by atoms with E-state index in [4.69, 9.17) is 5.11 Å². The molecule has 0 radical (unpaired) electrons. The van der Waals surface area contributed by atoms with E-state index in [2.05, 4.69) is 19.2 Å². The van der Waals surface area contributed by atoms with Crippen molar-refractivity contribution >= 4 is 5.97 Å². The van der Waals surface area contributed by atoms with Gasteiger partial charge in [0.1, 0.15) is 0 Å². The minimum Gasteiger partial charge on any atom is -0.481 e. The van der Waals surface area contributed by atoms with Gasteiger partial charge in [-0.25, -0.2) is 0 Å². The highest BCUT2D eigenvalue weighted by molar-refractivity contribution is 5.70. The summed E-state index contributed by atoms with van der Waals surface area (Å²) in [5.41, 5.74) is 0.675. The summed E-state index contributed by atoms with van der Waals surface area (Å²) in [7, 11) is 0. The maximum Gasteiger partial charge on any atom is 0.307 e. The second-order valence-electron chi connectivity index (χ2n) is 6.53. The van der Waals surface area contributed by atoms with E-state index < -0.39 is 5.97 Å². The van der Waals surface area contributed by atoms with E-state index in [9.17, 15) is 4.79 Å². The summed E-state index contributed by atoms with van der Waals surface area (Å²) in [6, 6.07) is 0.587. The largest absolute Gasteiger partial charge is 0.481 e. The second-order valence-corrected chi connectivity index (χ2v) is 6.53. The summed E-state index contributed by atoms with van der Waals surface area (Å²) in [5, 5.41) is 12.6. The predicted octanol–water partition coefficient (Wildman–Crippen LogP) is 2.66. The first-order valence-corrected chi connectivity index (χ1v) is 6.97. The van der Waals surface area contributed by atoms with Crippen LogP contribution in [0.5, 0.6) is 0 Å². The second kappa shape index (κ2) is 4.97. The predicted molar refractivity (Wildman–Crippen MR) is 67.9 cm³/mol. The lowest BCUT2D eigenvalue weighted by molar-refractivity contribution is -0.142. The van der Waals surface area contributed by atoms with Crippen LogP contribution >= 0.6 is 0 Å². The van der Waals surface area contributed by atoms with Crippen LogP contribution in [0.15, 0.2) is 0 Å². The normalized spacial score (nSPS) is 24.4. The summed E-state index contributed by atoms with van der Waals surface area (Å²) < 4.78 is 0. The van der Waals surface area contributed by atoms with E-state index >= 15 is 0 Å². The molecule has 1 atom stereocenters. The Morgan fingerprint density at radius 1 is 1.41 bits per heavy atom. The van der Waals surface area contributed by atoms with Gasteiger partial charge in [-0.1, -0.05) is 20.3 Å². The van der Waals surface area contributed by atoms with Crippen molar-refractivity contribution in [1.82, 2.24) is 5.32 Å². The van der Waals surface area contributed by atoms with Crippen LogP contribution in [0.25, 0.3) is 0 Å². The number of nitrogens with one attached hydrogen (secondary N) is 1. The Kier molecular flexibility index (Phi) is 3.76. The van der Waals surface area contributed by atoms with Gasteiger partial charge in [0.15, 0.2) is 0 Å². The minimum absolute atomic E-state index is 0.215. The van der Waals surface area contributed by atoms with Gasteiger partial charge in [-0.3, -0.25) is 4.79 Å². The molecule has 0 saturated heterocycles. The molecule has 0 heterocycles. The molecule has 0 amide bonds. The van der Waals surface area contributed by atoms with E-state index in [0.29, 0.717) is 23.9 Å². The highest BCUT2D eigenvalue weighted by atomic mass is 16.4. The minimum atomic E-state index is -0.649. The van der Waals surface area contributed by atoms with Gasteiger partial charge in [-0.15, -0.1) is 0 Å². The standard InChI is InChI=1S/C14H25NO2/c1-10(2)6-11(13(16)17)9-15-12-7-14(8-12)4-3-5-14/h10-12,15H,3-9H2,1-2H3,(H,16,17). The molecule has 2 N–H and O–H groups in total. The Bertz CT molecular complexity index is 276. The molecule has 2 rings (SSSR count). The van der Waals surface area contributed by atoms with Gasteiger partial charge in [-0.05, 0) is 43.4 Å². The fourth-order valence-electron chi connectivity index (χ4n) is 3.36. The molecule has 3 nitrogen and oxygen atoms in total. The van der Waals surface area contributed by atoms with Crippen LogP contribution in [-0.2, 0) is 4.79 Å². The van der Waals surface area contributed by atoms with E-state index in [1.807, 2.05) is 0 Å². The summed E-state index contributed by atoms with van der Waals surface area (Å²) in [5.74, 6) is -0.408. The molecule has 3 heteroatoms. The van der Waals surface area contributed by atoms with Crippen LogP contribution in [0.4, 0.5) is 0 Å². The van der Waals surface area contributed by atoms with Gasteiger partial charge in [0.05, 0.1) is 5.92 Å². The third kappa shape index (κ3) is 3.01. The Hall–Kier alpha value is -0.570. The van der Waals surface area contributed by atoms with Crippen molar-refractivity contribution in [3.05, 3.63) is 0 Å². The number of rotatable bonds is 6. The number of carbonyl (C=O) groups is 1. The van der Waals surface area contributed by atoms with Crippen LogP contribution in [-0.4, -0.2) is 23.7 Å². The van der Waals surface area contributed by atoms with Crippen molar-refractivity contribution in [2.24, 2.45) is 17.3 Å². The topological polar surface area (TPSA) is 49.3 Å². The summed E-state index contributed by atoms with van der Waals surface area (Å²) in [6.07, 6.45) is 7.54. The van der Waals surface area contributed by atoms with Crippen LogP contribution in [0.2, 0.25) is 0 Å². The highest BCUT2D eigenvalue weighted by Crippen LogP contribution is 2.55. The Morgan fingerprint density at radius 2 is 2.06 bits per heavy atom. The first-order valence-electron chi connectivity index (χ1n) is 6.97. The molecule has 2 aliphatic rings. The first kappa shape index (κ1) is 12.9. The van der Waals surface area contributed by atoms with Gasteiger partial charge >= 0.3 is 5.97 Å². The molecule has 0 bridgehead atoms. The van der Waals surface area contributed by atoms with Crippen molar-refractivity contribution in [1.29, 1.82) is 0 Å². The molecule has 0 aliphatic heterocycles.